The largest absolute Gasteiger partial charge is 0.495 e. The van der Waals surface area contributed by atoms with Crippen molar-refractivity contribution in [3.63, 3.8) is 0 Å². The second kappa shape index (κ2) is 10.2. The monoisotopic (exact) mass is 465 g/mol. The molecular formula is C22H28ClN3O4S. The van der Waals surface area contributed by atoms with Gasteiger partial charge in [-0.05, 0) is 42.5 Å². The molecule has 0 radical (unpaired) electrons. The number of hydrogen-bond donors (Lipinski definition) is 1. The van der Waals surface area contributed by atoms with E-state index < -0.39 is 22.5 Å². The summed E-state index contributed by atoms with van der Waals surface area (Å²) in [7, 11) is -2.27. The number of sulfonamides is 1. The average molecular weight is 466 g/mol. The van der Waals surface area contributed by atoms with Gasteiger partial charge in [0.2, 0.25) is 10.0 Å². The fourth-order valence-corrected chi connectivity index (χ4v) is 4.30. The SMILES string of the molecule is COc1ccc(N(CC(=O)N/N=C(/C)CC(C)(C)c2ccccc2)S(C)(=O)=O)cc1Cl. The lowest BCUT2D eigenvalue weighted by molar-refractivity contribution is -0.119. The van der Waals surface area contributed by atoms with Crippen LogP contribution in [0.5, 0.6) is 5.75 Å². The molecule has 168 valence electrons. The number of nitrogens with one attached hydrogen (secondary N) is 1. The molecule has 0 fully saturated rings. The highest BCUT2D eigenvalue weighted by Crippen LogP contribution is 2.30. The second-order valence-electron chi connectivity index (χ2n) is 7.90. The van der Waals surface area contributed by atoms with Crippen molar-refractivity contribution >= 4 is 38.9 Å². The van der Waals surface area contributed by atoms with Crippen LogP contribution in [0, 0.1) is 0 Å². The summed E-state index contributed by atoms with van der Waals surface area (Å²) >= 11 is 6.11. The number of methoxy groups -OCH3 is 1. The molecule has 0 aromatic heterocycles. The van der Waals surface area contributed by atoms with Crippen molar-refractivity contribution < 1.29 is 17.9 Å². The first-order chi connectivity index (χ1) is 14.4. The van der Waals surface area contributed by atoms with Crippen LogP contribution in [-0.4, -0.2) is 39.9 Å². The minimum absolute atomic E-state index is 0.168. The minimum Gasteiger partial charge on any atom is -0.495 e. The van der Waals surface area contributed by atoms with Gasteiger partial charge in [-0.15, -0.1) is 0 Å². The van der Waals surface area contributed by atoms with Crippen LogP contribution < -0.4 is 14.5 Å². The molecule has 2 aromatic carbocycles. The molecule has 0 bridgehead atoms. The van der Waals surface area contributed by atoms with Crippen molar-refractivity contribution in [2.24, 2.45) is 5.10 Å². The zero-order chi connectivity index (χ0) is 23.2. The van der Waals surface area contributed by atoms with Gasteiger partial charge in [-0.25, -0.2) is 13.8 Å². The molecule has 9 heteroatoms. The van der Waals surface area contributed by atoms with Gasteiger partial charge < -0.3 is 4.74 Å². The van der Waals surface area contributed by atoms with Crippen LogP contribution in [0.2, 0.25) is 5.02 Å². The van der Waals surface area contributed by atoms with Gasteiger partial charge in [0.05, 0.1) is 24.1 Å². The number of amides is 1. The molecular weight excluding hydrogens is 438 g/mol. The first-order valence-electron chi connectivity index (χ1n) is 9.63. The molecule has 0 heterocycles. The second-order valence-corrected chi connectivity index (χ2v) is 10.2. The number of carbonyl (C=O) groups excluding carboxylic acids is 1. The first-order valence-corrected chi connectivity index (χ1v) is 11.9. The molecule has 0 atom stereocenters. The molecule has 0 aliphatic heterocycles. The summed E-state index contributed by atoms with van der Waals surface area (Å²) in [6, 6.07) is 14.5. The minimum atomic E-state index is -3.73. The van der Waals surface area contributed by atoms with Crippen molar-refractivity contribution in [2.45, 2.75) is 32.6 Å². The Morgan fingerprint density at radius 1 is 1.19 bits per heavy atom. The number of rotatable bonds is 9. The van der Waals surface area contributed by atoms with E-state index in [9.17, 15) is 13.2 Å². The van der Waals surface area contributed by atoms with Gasteiger partial charge in [0.25, 0.3) is 5.91 Å². The van der Waals surface area contributed by atoms with Gasteiger partial charge in [0.15, 0.2) is 0 Å². The molecule has 0 aliphatic carbocycles. The third-order valence-electron chi connectivity index (χ3n) is 4.74. The lowest BCUT2D eigenvalue weighted by Crippen LogP contribution is -2.39. The number of halogens is 1. The quantitative estimate of drug-likeness (QED) is 0.448. The Kier molecular flexibility index (Phi) is 8.08. The van der Waals surface area contributed by atoms with Crippen LogP contribution in [0.1, 0.15) is 32.8 Å². The predicted octanol–water partition coefficient (Wildman–Crippen LogP) is 3.97. The summed E-state index contributed by atoms with van der Waals surface area (Å²) in [6.45, 7) is 5.59. The van der Waals surface area contributed by atoms with Crippen molar-refractivity contribution in [1.82, 2.24) is 5.43 Å². The zero-order valence-corrected chi connectivity index (χ0v) is 19.9. The summed E-state index contributed by atoms with van der Waals surface area (Å²) in [5.74, 6) is -0.154. The van der Waals surface area contributed by atoms with Crippen molar-refractivity contribution in [3.8, 4) is 5.75 Å². The Hall–Kier alpha value is -2.58. The van der Waals surface area contributed by atoms with Gasteiger partial charge in [-0.1, -0.05) is 55.8 Å². The lowest BCUT2D eigenvalue weighted by Gasteiger charge is -2.25. The molecule has 0 unspecified atom stereocenters. The number of anilines is 1. The molecule has 1 N–H and O–H groups in total. The molecule has 1 amide bonds. The molecule has 0 spiro atoms. The van der Waals surface area contributed by atoms with E-state index in [4.69, 9.17) is 16.3 Å². The Labute approximate surface area is 189 Å². The highest BCUT2D eigenvalue weighted by atomic mass is 35.5. The zero-order valence-electron chi connectivity index (χ0n) is 18.3. The number of hydrazone groups is 1. The van der Waals surface area contributed by atoms with Gasteiger partial charge in [0, 0.05) is 5.71 Å². The molecule has 2 rings (SSSR count). The van der Waals surface area contributed by atoms with Gasteiger partial charge in [0.1, 0.15) is 12.3 Å². The fourth-order valence-electron chi connectivity index (χ4n) is 3.20. The van der Waals surface area contributed by atoms with Crippen LogP contribution in [-0.2, 0) is 20.2 Å². The summed E-state index contributed by atoms with van der Waals surface area (Å²) in [5.41, 5.74) is 4.43. The van der Waals surface area contributed by atoms with Gasteiger partial charge >= 0.3 is 0 Å². The molecule has 0 saturated carbocycles. The third kappa shape index (κ3) is 6.97. The van der Waals surface area contributed by atoms with Crippen molar-refractivity contribution in [3.05, 3.63) is 59.1 Å². The normalized spacial score (nSPS) is 12.4. The average Bonchev–Trinajstić information content (AvgIpc) is 2.70. The number of ether oxygens (including phenoxy) is 1. The Balaban J connectivity index is 2.10. The maximum absolute atomic E-state index is 12.4. The fraction of sp³-hybridized carbons (Fsp3) is 0.364. The Morgan fingerprint density at radius 2 is 1.84 bits per heavy atom. The van der Waals surface area contributed by atoms with E-state index >= 15 is 0 Å². The van der Waals surface area contributed by atoms with E-state index in [0.29, 0.717) is 12.2 Å². The van der Waals surface area contributed by atoms with Gasteiger partial charge in [-0.3, -0.25) is 9.10 Å². The predicted molar refractivity (Wildman–Crippen MR) is 126 cm³/mol. The first kappa shape index (κ1) is 24.7. The van der Waals surface area contributed by atoms with E-state index in [2.05, 4.69) is 36.5 Å². The van der Waals surface area contributed by atoms with Crippen LogP contribution in [0.25, 0.3) is 0 Å². The number of hydrogen-bond acceptors (Lipinski definition) is 5. The lowest BCUT2D eigenvalue weighted by atomic mass is 9.80. The summed E-state index contributed by atoms with van der Waals surface area (Å²) in [4.78, 5) is 12.4. The number of benzene rings is 2. The van der Waals surface area contributed by atoms with Crippen LogP contribution in [0.4, 0.5) is 5.69 Å². The third-order valence-corrected chi connectivity index (χ3v) is 6.17. The summed E-state index contributed by atoms with van der Waals surface area (Å²) in [5, 5.41) is 4.40. The molecule has 2 aromatic rings. The highest BCUT2D eigenvalue weighted by molar-refractivity contribution is 7.92. The van der Waals surface area contributed by atoms with Crippen LogP contribution in [0.3, 0.4) is 0 Å². The summed E-state index contributed by atoms with van der Waals surface area (Å²) < 4.78 is 30.6. The molecule has 0 aliphatic rings. The maximum atomic E-state index is 12.4. The van der Waals surface area contributed by atoms with E-state index in [0.717, 1.165) is 21.8 Å². The van der Waals surface area contributed by atoms with E-state index in [1.165, 1.54) is 19.2 Å². The van der Waals surface area contributed by atoms with E-state index in [-0.39, 0.29) is 16.1 Å². The Bertz CT molecular complexity index is 1050. The van der Waals surface area contributed by atoms with Gasteiger partial charge in [-0.2, -0.15) is 5.10 Å². The van der Waals surface area contributed by atoms with Crippen molar-refractivity contribution in [2.75, 3.05) is 24.2 Å². The van der Waals surface area contributed by atoms with E-state index in [1.807, 2.05) is 25.1 Å². The van der Waals surface area contributed by atoms with Crippen LogP contribution >= 0.6 is 11.6 Å². The maximum Gasteiger partial charge on any atom is 0.260 e. The van der Waals surface area contributed by atoms with E-state index in [1.54, 1.807) is 6.07 Å². The number of nitrogens with zero attached hydrogens (tertiary/aromatic N) is 2. The molecule has 0 saturated heterocycles. The summed E-state index contributed by atoms with van der Waals surface area (Å²) in [6.07, 6.45) is 1.65. The topological polar surface area (TPSA) is 88.1 Å². The highest BCUT2D eigenvalue weighted by Gasteiger charge is 2.23. The smallest absolute Gasteiger partial charge is 0.260 e. The standard InChI is InChI=1S/C22H28ClN3O4S/c1-16(14-22(2,3)17-9-7-6-8-10-17)24-25-21(27)15-26(31(5,28)29)18-11-12-20(30-4)19(23)13-18/h6-13H,14-15H2,1-5H3,(H,25,27)/b24-16-. The molecule has 7 nitrogen and oxygen atoms in total. The van der Waals surface area contributed by atoms with Crippen molar-refractivity contribution in [1.29, 1.82) is 0 Å². The number of carbonyl (C=O) groups is 1. The Morgan fingerprint density at radius 3 is 2.39 bits per heavy atom. The van der Waals surface area contributed by atoms with Crippen LogP contribution in [0.15, 0.2) is 53.6 Å². The molecule has 31 heavy (non-hydrogen) atoms.